The predicted octanol–water partition coefficient (Wildman–Crippen LogP) is 4.48. The van der Waals surface area contributed by atoms with E-state index in [1.807, 2.05) is 43.3 Å². The van der Waals surface area contributed by atoms with Crippen molar-refractivity contribution in [3.05, 3.63) is 59.0 Å². The SMILES string of the molecule is CN(C)CCNC(=O)c1ccc(-c2nc3c(F)cc4[nH]ncc4c3c3c2CCCCC3)cc1. The lowest BCUT2D eigenvalue weighted by Crippen LogP contribution is -2.31. The number of aromatic amines is 1. The third-order valence-electron chi connectivity index (χ3n) is 6.47. The van der Waals surface area contributed by atoms with Gasteiger partial charge in [0.25, 0.3) is 5.91 Å². The molecule has 6 nitrogen and oxygen atoms in total. The second kappa shape index (κ2) is 8.90. The van der Waals surface area contributed by atoms with Gasteiger partial charge in [-0.25, -0.2) is 9.37 Å². The van der Waals surface area contributed by atoms with Crippen molar-refractivity contribution in [2.75, 3.05) is 27.2 Å². The Labute approximate surface area is 192 Å². The third kappa shape index (κ3) is 4.09. The fraction of sp³-hybridized carbons (Fsp3) is 0.346. The van der Waals surface area contributed by atoms with Crippen LogP contribution in [-0.4, -0.2) is 53.2 Å². The molecule has 0 radical (unpaired) electrons. The molecule has 1 aliphatic rings. The molecule has 33 heavy (non-hydrogen) atoms. The molecule has 0 atom stereocenters. The average Bonchev–Trinajstić information content (AvgIpc) is 3.13. The molecule has 0 bridgehead atoms. The van der Waals surface area contributed by atoms with Crippen molar-refractivity contribution in [3.8, 4) is 11.3 Å². The topological polar surface area (TPSA) is 73.9 Å². The fourth-order valence-corrected chi connectivity index (χ4v) is 4.77. The minimum atomic E-state index is -0.341. The highest BCUT2D eigenvalue weighted by atomic mass is 19.1. The number of aryl methyl sites for hydroxylation is 1. The van der Waals surface area contributed by atoms with Gasteiger partial charge in [0, 0.05) is 41.1 Å². The largest absolute Gasteiger partial charge is 0.351 e. The Hall–Kier alpha value is -3.32. The summed E-state index contributed by atoms with van der Waals surface area (Å²) in [6, 6.07) is 8.98. The number of halogens is 1. The molecule has 0 unspecified atom stereocenters. The zero-order valence-corrected chi connectivity index (χ0v) is 19.0. The van der Waals surface area contributed by atoms with Crippen molar-refractivity contribution in [2.45, 2.75) is 32.1 Å². The highest BCUT2D eigenvalue weighted by Gasteiger charge is 2.22. The molecule has 170 valence electrons. The molecule has 0 saturated heterocycles. The first kappa shape index (κ1) is 21.5. The van der Waals surface area contributed by atoms with E-state index >= 15 is 4.39 Å². The van der Waals surface area contributed by atoms with Crippen LogP contribution in [0.1, 0.15) is 40.7 Å². The predicted molar refractivity (Wildman–Crippen MR) is 129 cm³/mol. The summed E-state index contributed by atoms with van der Waals surface area (Å²) in [5.41, 5.74) is 5.80. The van der Waals surface area contributed by atoms with Crippen LogP contribution < -0.4 is 5.32 Å². The first-order chi connectivity index (χ1) is 16.0. The maximum atomic E-state index is 15.1. The van der Waals surface area contributed by atoms with Gasteiger partial charge in [-0.05, 0) is 63.0 Å². The molecule has 1 aliphatic carbocycles. The first-order valence-corrected chi connectivity index (χ1v) is 11.5. The Morgan fingerprint density at radius 1 is 1.12 bits per heavy atom. The third-order valence-corrected chi connectivity index (χ3v) is 6.47. The molecule has 0 fully saturated rings. The van der Waals surface area contributed by atoms with E-state index in [0.29, 0.717) is 23.1 Å². The zero-order valence-electron chi connectivity index (χ0n) is 19.0. The lowest BCUT2D eigenvalue weighted by atomic mass is 9.92. The number of hydrogen-bond acceptors (Lipinski definition) is 4. The summed E-state index contributed by atoms with van der Waals surface area (Å²) in [6.45, 7) is 1.38. The first-order valence-electron chi connectivity index (χ1n) is 11.5. The van der Waals surface area contributed by atoms with Gasteiger partial charge in [-0.2, -0.15) is 5.10 Å². The van der Waals surface area contributed by atoms with Crippen LogP contribution in [0, 0.1) is 5.82 Å². The lowest BCUT2D eigenvalue weighted by molar-refractivity contribution is 0.0951. The van der Waals surface area contributed by atoms with Gasteiger partial charge in [-0.3, -0.25) is 9.89 Å². The number of fused-ring (bicyclic) bond motifs is 5. The zero-order chi connectivity index (χ0) is 22.9. The summed E-state index contributed by atoms with van der Waals surface area (Å²) in [5.74, 6) is -0.436. The second-order valence-corrected chi connectivity index (χ2v) is 9.03. The van der Waals surface area contributed by atoms with Gasteiger partial charge in [0.1, 0.15) is 5.52 Å². The molecular formula is C26H28FN5O. The monoisotopic (exact) mass is 445 g/mol. The van der Waals surface area contributed by atoms with Crippen molar-refractivity contribution in [3.63, 3.8) is 0 Å². The molecule has 2 N–H and O–H groups in total. The second-order valence-electron chi connectivity index (χ2n) is 9.03. The number of nitrogens with one attached hydrogen (secondary N) is 2. The number of H-pyrrole nitrogens is 1. The van der Waals surface area contributed by atoms with Gasteiger partial charge in [0.2, 0.25) is 0 Å². The number of rotatable bonds is 5. The standard InChI is InChI=1S/C26H28FN5O/c1-32(2)13-12-28-26(33)17-10-8-16(9-11-17)24-19-7-5-3-4-6-18(19)23-20-15-29-31-22(20)14-21(27)25(23)30-24/h8-11,14-15H,3-7,12-13H2,1-2H3,(H,28,33)(H,29,31). The van der Waals surface area contributed by atoms with E-state index in [1.165, 1.54) is 17.2 Å². The van der Waals surface area contributed by atoms with Gasteiger partial charge >= 0.3 is 0 Å². The number of likely N-dealkylation sites (N-methyl/N-ethyl adjacent to an activating group) is 1. The minimum absolute atomic E-state index is 0.0953. The van der Waals surface area contributed by atoms with E-state index in [1.54, 1.807) is 6.20 Å². The summed E-state index contributed by atoms with van der Waals surface area (Å²) >= 11 is 0. The lowest BCUT2D eigenvalue weighted by Gasteiger charge is -2.17. The van der Waals surface area contributed by atoms with E-state index in [0.717, 1.165) is 60.7 Å². The number of pyridine rings is 1. The summed E-state index contributed by atoms with van der Waals surface area (Å²) in [7, 11) is 3.95. The van der Waals surface area contributed by atoms with Crippen LogP contribution in [0.3, 0.4) is 0 Å². The van der Waals surface area contributed by atoms with Gasteiger partial charge in [0.15, 0.2) is 5.82 Å². The Kier molecular flexibility index (Phi) is 5.81. The van der Waals surface area contributed by atoms with Crippen LogP contribution in [0.2, 0.25) is 0 Å². The van der Waals surface area contributed by atoms with E-state index in [-0.39, 0.29) is 11.7 Å². The van der Waals surface area contributed by atoms with Crippen LogP contribution >= 0.6 is 0 Å². The normalized spacial score (nSPS) is 13.9. The average molecular weight is 446 g/mol. The quantitative estimate of drug-likeness (QED) is 0.444. The Morgan fingerprint density at radius 3 is 2.64 bits per heavy atom. The number of amides is 1. The molecule has 0 spiro atoms. The molecule has 0 saturated carbocycles. The van der Waals surface area contributed by atoms with Crippen LogP contribution in [0.5, 0.6) is 0 Å². The van der Waals surface area contributed by atoms with Gasteiger partial charge in [-0.1, -0.05) is 18.6 Å². The number of hydrogen-bond donors (Lipinski definition) is 2. The molecule has 2 aromatic carbocycles. The van der Waals surface area contributed by atoms with Crippen molar-refractivity contribution >= 4 is 27.7 Å². The van der Waals surface area contributed by atoms with Gasteiger partial charge < -0.3 is 10.2 Å². The highest BCUT2D eigenvalue weighted by molar-refractivity contribution is 6.08. The van der Waals surface area contributed by atoms with Crippen molar-refractivity contribution < 1.29 is 9.18 Å². The number of aromatic nitrogens is 3. The molecule has 0 aliphatic heterocycles. The van der Waals surface area contributed by atoms with Crippen LogP contribution in [0.25, 0.3) is 33.1 Å². The van der Waals surface area contributed by atoms with E-state index in [4.69, 9.17) is 4.98 Å². The van der Waals surface area contributed by atoms with Gasteiger partial charge in [-0.15, -0.1) is 0 Å². The summed E-state index contributed by atoms with van der Waals surface area (Å²) < 4.78 is 15.1. The van der Waals surface area contributed by atoms with Crippen LogP contribution in [-0.2, 0) is 12.8 Å². The summed E-state index contributed by atoms with van der Waals surface area (Å²) in [5, 5.41) is 11.8. The van der Waals surface area contributed by atoms with Crippen molar-refractivity contribution in [1.29, 1.82) is 0 Å². The number of carbonyl (C=O) groups is 1. The molecule has 7 heteroatoms. The maximum absolute atomic E-state index is 15.1. The van der Waals surface area contributed by atoms with Crippen molar-refractivity contribution in [2.24, 2.45) is 0 Å². The molecule has 2 heterocycles. The fourth-order valence-electron chi connectivity index (χ4n) is 4.77. The van der Waals surface area contributed by atoms with Crippen molar-refractivity contribution in [1.82, 2.24) is 25.4 Å². The molecule has 2 aromatic heterocycles. The Morgan fingerprint density at radius 2 is 1.88 bits per heavy atom. The molecule has 4 aromatic rings. The number of nitrogens with zero attached hydrogens (tertiary/aromatic N) is 3. The van der Waals surface area contributed by atoms with E-state index < -0.39 is 0 Å². The molecule has 1 amide bonds. The molecular weight excluding hydrogens is 417 g/mol. The smallest absolute Gasteiger partial charge is 0.251 e. The highest BCUT2D eigenvalue weighted by Crippen LogP contribution is 2.38. The molecule has 5 rings (SSSR count). The van der Waals surface area contributed by atoms with Crippen LogP contribution in [0.15, 0.2) is 36.5 Å². The maximum Gasteiger partial charge on any atom is 0.251 e. The number of benzene rings is 2. The van der Waals surface area contributed by atoms with E-state index in [2.05, 4.69) is 15.5 Å². The summed E-state index contributed by atoms with van der Waals surface area (Å²) in [4.78, 5) is 19.3. The summed E-state index contributed by atoms with van der Waals surface area (Å²) in [6.07, 6.45) is 6.89. The Balaban J connectivity index is 1.58. The number of carbonyl (C=O) groups excluding carboxylic acids is 1. The Bertz CT molecular complexity index is 1330. The van der Waals surface area contributed by atoms with E-state index in [9.17, 15) is 4.79 Å². The minimum Gasteiger partial charge on any atom is -0.351 e. The van der Waals surface area contributed by atoms with Gasteiger partial charge in [0.05, 0.1) is 17.4 Å². The van der Waals surface area contributed by atoms with Crippen LogP contribution in [0.4, 0.5) is 4.39 Å².